The van der Waals surface area contributed by atoms with Crippen molar-refractivity contribution < 1.29 is 9.32 Å². The van der Waals surface area contributed by atoms with Crippen molar-refractivity contribution in [2.45, 2.75) is 5.88 Å². The summed E-state index contributed by atoms with van der Waals surface area (Å²) in [6.45, 7) is 0. The topological polar surface area (TPSA) is 43.1 Å². The fraction of sp³-hybridized carbons (Fsp3) is 0.200. The summed E-state index contributed by atoms with van der Waals surface area (Å²) in [6, 6.07) is 0. The SMILES string of the molecule is O=C(Cl)c1cnoc1CCl. The number of hydrogen-bond acceptors (Lipinski definition) is 3. The van der Waals surface area contributed by atoms with Gasteiger partial charge in [-0.25, -0.2) is 0 Å². The van der Waals surface area contributed by atoms with Crippen LogP contribution >= 0.6 is 23.2 Å². The zero-order valence-electron chi connectivity index (χ0n) is 4.80. The normalized spacial score (nSPS) is 9.80. The molecule has 3 nitrogen and oxygen atoms in total. The van der Waals surface area contributed by atoms with E-state index in [0.29, 0.717) is 5.76 Å². The molecule has 0 bridgehead atoms. The van der Waals surface area contributed by atoms with Gasteiger partial charge in [-0.05, 0) is 11.6 Å². The molecule has 0 atom stereocenters. The van der Waals surface area contributed by atoms with Crippen molar-refractivity contribution in [3.63, 3.8) is 0 Å². The fourth-order valence-corrected chi connectivity index (χ4v) is 0.868. The van der Waals surface area contributed by atoms with Gasteiger partial charge in [0.15, 0.2) is 5.76 Å². The zero-order chi connectivity index (χ0) is 7.56. The van der Waals surface area contributed by atoms with E-state index in [4.69, 9.17) is 23.2 Å². The van der Waals surface area contributed by atoms with Gasteiger partial charge in [-0.3, -0.25) is 4.79 Å². The average molecular weight is 180 g/mol. The van der Waals surface area contributed by atoms with Crippen LogP contribution in [0.5, 0.6) is 0 Å². The van der Waals surface area contributed by atoms with Crippen LogP contribution in [0.3, 0.4) is 0 Å². The lowest BCUT2D eigenvalue weighted by molar-refractivity contribution is 0.108. The number of aromatic nitrogens is 1. The summed E-state index contributed by atoms with van der Waals surface area (Å²) in [5.41, 5.74) is 0.233. The van der Waals surface area contributed by atoms with Crippen molar-refractivity contribution in [3.05, 3.63) is 17.5 Å². The quantitative estimate of drug-likeness (QED) is 0.514. The number of halogens is 2. The first-order valence-electron chi connectivity index (χ1n) is 2.45. The van der Waals surface area contributed by atoms with E-state index in [1.807, 2.05) is 0 Å². The minimum absolute atomic E-state index is 0.105. The lowest BCUT2D eigenvalue weighted by Crippen LogP contribution is -1.89. The second kappa shape index (κ2) is 3.03. The van der Waals surface area contributed by atoms with Crippen molar-refractivity contribution in [1.82, 2.24) is 5.16 Å². The highest BCUT2D eigenvalue weighted by atomic mass is 35.5. The Balaban J connectivity index is 3.01. The van der Waals surface area contributed by atoms with Gasteiger partial charge in [0.1, 0.15) is 0 Å². The van der Waals surface area contributed by atoms with E-state index < -0.39 is 5.24 Å². The maximum atomic E-state index is 10.5. The molecule has 0 amide bonds. The number of carbonyl (C=O) groups excluding carboxylic acids is 1. The summed E-state index contributed by atoms with van der Waals surface area (Å²) < 4.78 is 4.59. The molecule has 1 aromatic rings. The van der Waals surface area contributed by atoms with Crippen molar-refractivity contribution in [3.8, 4) is 0 Å². The lowest BCUT2D eigenvalue weighted by atomic mass is 10.3. The molecule has 1 heterocycles. The van der Waals surface area contributed by atoms with E-state index in [2.05, 4.69) is 9.68 Å². The molecule has 0 aliphatic heterocycles. The summed E-state index contributed by atoms with van der Waals surface area (Å²) >= 11 is 10.5. The molecular formula is C5H3Cl2NO2. The minimum atomic E-state index is -0.600. The summed E-state index contributed by atoms with van der Waals surface area (Å²) in [5, 5.41) is 2.75. The van der Waals surface area contributed by atoms with Crippen LogP contribution in [-0.4, -0.2) is 10.4 Å². The van der Waals surface area contributed by atoms with Gasteiger partial charge in [-0.15, -0.1) is 11.6 Å². The molecule has 1 rings (SSSR count). The highest BCUT2D eigenvalue weighted by molar-refractivity contribution is 6.67. The lowest BCUT2D eigenvalue weighted by Gasteiger charge is -1.85. The van der Waals surface area contributed by atoms with E-state index in [9.17, 15) is 4.79 Å². The maximum absolute atomic E-state index is 10.5. The Kier molecular flexibility index (Phi) is 2.29. The van der Waals surface area contributed by atoms with Gasteiger partial charge in [0, 0.05) is 0 Å². The maximum Gasteiger partial charge on any atom is 0.257 e. The number of nitrogens with zero attached hydrogens (tertiary/aromatic N) is 1. The second-order valence-corrected chi connectivity index (χ2v) is 2.18. The molecule has 54 valence electrons. The molecule has 1 aromatic heterocycles. The Morgan fingerprint density at radius 2 is 2.50 bits per heavy atom. The van der Waals surface area contributed by atoms with Crippen LogP contribution in [0.1, 0.15) is 16.1 Å². The van der Waals surface area contributed by atoms with E-state index in [1.165, 1.54) is 6.20 Å². The van der Waals surface area contributed by atoms with Gasteiger partial charge in [-0.2, -0.15) is 0 Å². The Labute approximate surface area is 66.9 Å². The van der Waals surface area contributed by atoms with E-state index in [0.717, 1.165) is 0 Å². The molecule has 0 aliphatic rings. The van der Waals surface area contributed by atoms with Crippen LogP contribution in [0, 0.1) is 0 Å². The van der Waals surface area contributed by atoms with Crippen LogP contribution in [0.25, 0.3) is 0 Å². The van der Waals surface area contributed by atoms with Gasteiger partial charge in [0.05, 0.1) is 17.6 Å². The first-order valence-corrected chi connectivity index (χ1v) is 3.36. The van der Waals surface area contributed by atoms with E-state index in [-0.39, 0.29) is 11.4 Å². The Bertz CT molecular complexity index is 246. The number of alkyl halides is 1. The molecule has 0 aliphatic carbocycles. The summed E-state index contributed by atoms with van der Waals surface area (Å²) in [4.78, 5) is 10.5. The van der Waals surface area contributed by atoms with Crippen LogP contribution < -0.4 is 0 Å². The third kappa shape index (κ3) is 1.30. The van der Waals surface area contributed by atoms with Crippen molar-refractivity contribution in [2.75, 3.05) is 0 Å². The van der Waals surface area contributed by atoms with Crippen LogP contribution in [-0.2, 0) is 5.88 Å². The standard InChI is InChI=1S/C5H3Cl2NO2/c6-1-4-3(5(7)9)2-8-10-4/h2H,1H2. The number of carbonyl (C=O) groups is 1. The summed E-state index contributed by atoms with van der Waals surface area (Å²) in [5.74, 6) is 0.412. The van der Waals surface area contributed by atoms with E-state index in [1.54, 1.807) is 0 Å². The highest BCUT2D eigenvalue weighted by Crippen LogP contribution is 2.12. The minimum Gasteiger partial charge on any atom is -0.359 e. The summed E-state index contributed by atoms with van der Waals surface area (Å²) in [7, 11) is 0. The Hall–Kier alpha value is -0.540. The molecule has 0 fully saturated rings. The first-order chi connectivity index (χ1) is 4.75. The van der Waals surface area contributed by atoms with Gasteiger partial charge in [-0.1, -0.05) is 5.16 Å². The average Bonchev–Trinajstić information content (AvgIpc) is 2.33. The molecule has 0 saturated heterocycles. The van der Waals surface area contributed by atoms with E-state index >= 15 is 0 Å². The monoisotopic (exact) mass is 179 g/mol. The molecule has 0 N–H and O–H groups in total. The molecule has 0 radical (unpaired) electrons. The molecular weight excluding hydrogens is 177 g/mol. The van der Waals surface area contributed by atoms with Gasteiger partial charge < -0.3 is 4.52 Å². The summed E-state index contributed by atoms with van der Waals surface area (Å²) in [6.07, 6.45) is 1.24. The third-order valence-electron chi connectivity index (χ3n) is 0.978. The largest absolute Gasteiger partial charge is 0.359 e. The molecule has 0 saturated carbocycles. The molecule has 0 unspecified atom stereocenters. The van der Waals surface area contributed by atoms with Crippen molar-refractivity contribution in [2.24, 2.45) is 0 Å². The van der Waals surface area contributed by atoms with Gasteiger partial charge in [0.2, 0.25) is 0 Å². The second-order valence-electron chi connectivity index (χ2n) is 1.57. The fourth-order valence-electron chi connectivity index (χ4n) is 0.521. The molecule has 10 heavy (non-hydrogen) atoms. The number of hydrogen-bond donors (Lipinski definition) is 0. The predicted molar refractivity (Wildman–Crippen MR) is 36.2 cm³/mol. The zero-order valence-corrected chi connectivity index (χ0v) is 6.32. The van der Waals surface area contributed by atoms with Crippen LogP contribution in [0.2, 0.25) is 0 Å². The predicted octanol–water partition coefficient (Wildman–Crippen LogP) is 1.79. The first kappa shape index (κ1) is 7.57. The Morgan fingerprint density at radius 3 is 2.90 bits per heavy atom. The van der Waals surface area contributed by atoms with Gasteiger partial charge >= 0.3 is 0 Å². The van der Waals surface area contributed by atoms with Gasteiger partial charge in [0.25, 0.3) is 5.24 Å². The molecule has 0 aromatic carbocycles. The van der Waals surface area contributed by atoms with Crippen LogP contribution in [0.4, 0.5) is 0 Å². The Morgan fingerprint density at radius 1 is 1.80 bits per heavy atom. The third-order valence-corrected chi connectivity index (χ3v) is 1.42. The smallest absolute Gasteiger partial charge is 0.257 e. The van der Waals surface area contributed by atoms with Crippen LogP contribution in [0.15, 0.2) is 10.7 Å². The molecule has 5 heteroatoms. The number of rotatable bonds is 2. The van der Waals surface area contributed by atoms with Crippen molar-refractivity contribution in [1.29, 1.82) is 0 Å². The van der Waals surface area contributed by atoms with Crippen molar-refractivity contribution >= 4 is 28.4 Å². The molecule has 0 spiro atoms. The highest BCUT2D eigenvalue weighted by Gasteiger charge is 2.11.